The summed E-state index contributed by atoms with van der Waals surface area (Å²) < 4.78 is 4.78. The molecule has 6 nitrogen and oxygen atoms in total. The van der Waals surface area contributed by atoms with Gasteiger partial charge in [-0.2, -0.15) is 0 Å². The van der Waals surface area contributed by atoms with Gasteiger partial charge in [-0.3, -0.25) is 9.59 Å². The highest BCUT2D eigenvalue weighted by atomic mass is 16.5. The molecule has 0 aromatic heterocycles. The number of nitrogens with two attached hydrogens (primary N) is 1. The number of hydrogen-bond acceptors (Lipinski definition) is 4. The van der Waals surface area contributed by atoms with Crippen molar-refractivity contribution in [3.05, 3.63) is 0 Å². The lowest BCUT2D eigenvalue weighted by Gasteiger charge is -2.07. The molecule has 0 saturated heterocycles. The highest BCUT2D eigenvalue weighted by Gasteiger charge is 2.11. The molecule has 1 atom stereocenters. The van der Waals surface area contributed by atoms with Crippen LogP contribution in [0, 0.1) is 0 Å². The van der Waals surface area contributed by atoms with Crippen LogP contribution >= 0.6 is 0 Å². The van der Waals surface area contributed by atoms with E-state index in [1.807, 2.05) is 0 Å². The number of aliphatic hydroxyl groups is 1. The van der Waals surface area contributed by atoms with Crippen LogP contribution in [0.4, 0.5) is 0 Å². The third-order valence-electron chi connectivity index (χ3n) is 1.26. The van der Waals surface area contributed by atoms with Crippen LogP contribution in [0.3, 0.4) is 0 Å². The molecule has 0 aromatic rings. The summed E-state index contributed by atoms with van der Waals surface area (Å²) in [7, 11) is 0. The first-order valence-electron chi connectivity index (χ1n) is 3.89. The van der Waals surface area contributed by atoms with Crippen LogP contribution in [0.25, 0.3) is 0 Å². The van der Waals surface area contributed by atoms with E-state index in [0.717, 1.165) is 0 Å². The van der Waals surface area contributed by atoms with E-state index < -0.39 is 12.0 Å². The predicted octanol–water partition coefficient (Wildman–Crippen LogP) is -2.01. The summed E-state index contributed by atoms with van der Waals surface area (Å²) in [4.78, 5) is 21.1. The van der Waals surface area contributed by atoms with Crippen LogP contribution in [0.2, 0.25) is 0 Å². The molecule has 0 rings (SSSR count). The lowest BCUT2D eigenvalue weighted by molar-refractivity contribution is -0.128. The highest BCUT2D eigenvalue weighted by molar-refractivity contribution is 5.81. The van der Waals surface area contributed by atoms with E-state index in [1.54, 1.807) is 6.92 Å². The van der Waals surface area contributed by atoms with Gasteiger partial charge in [0.05, 0.1) is 6.54 Å². The van der Waals surface area contributed by atoms with Crippen molar-refractivity contribution in [1.29, 1.82) is 0 Å². The van der Waals surface area contributed by atoms with Gasteiger partial charge in [0.2, 0.25) is 11.8 Å². The molecule has 0 aliphatic carbocycles. The summed E-state index contributed by atoms with van der Waals surface area (Å²) in [6.45, 7) is 1.93. The minimum Gasteiger partial charge on any atom is -0.381 e. The fourth-order valence-corrected chi connectivity index (χ4v) is 0.557. The second kappa shape index (κ2) is 6.38. The standard InChI is InChI=1S/C7H14N2O4/c1-2-13-4-6(11)9-3-5(10)7(8)12/h5,10H,2-4H2,1H3,(H2,8,12)(H,9,11). The molecular weight excluding hydrogens is 176 g/mol. The van der Waals surface area contributed by atoms with E-state index in [2.05, 4.69) is 5.32 Å². The SMILES string of the molecule is CCOCC(=O)NCC(O)C(N)=O. The largest absolute Gasteiger partial charge is 0.381 e. The molecule has 13 heavy (non-hydrogen) atoms. The molecule has 0 bridgehead atoms. The van der Waals surface area contributed by atoms with Crippen LogP contribution in [0.5, 0.6) is 0 Å². The molecule has 0 aliphatic heterocycles. The van der Waals surface area contributed by atoms with Gasteiger partial charge in [0, 0.05) is 6.61 Å². The quantitative estimate of drug-likeness (QED) is 0.450. The summed E-state index contributed by atoms with van der Waals surface area (Å²) in [5.74, 6) is -1.25. The van der Waals surface area contributed by atoms with Crippen LogP contribution in [-0.2, 0) is 14.3 Å². The first-order chi connectivity index (χ1) is 6.07. The molecule has 0 heterocycles. The zero-order valence-electron chi connectivity index (χ0n) is 7.45. The zero-order chi connectivity index (χ0) is 10.3. The number of rotatable bonds is 6. The van der Waals surface area contributed by atoms with Crippen LogP contribution in [0.1, 0.15) is 6.92 Å². The van der Waals surface area contributed by atoms with Crippen molar-refractivity contribution in [2.24, 2.45) is 5.73 Å². The van der Waals surface area contributed by atoms with Crippen molar-refractivity contribution in [3.63, 3.8) is 0 Å². The normalized spacial score (nSPS) is 12.2. The summed E-state index contributed by atoms with van der Waals surface area (Å²) in [5.41, 5.74) is 4.75. The van der Waals surface area contributed by atoms with Gasteiger partial charge >= 0.3 is 0 Å². The molecule has 0 saturated carbocycles. The van der Waals surface area contributed by atoms with Crippen LogP contribution in [-0.4, -0.2) is 42.8 Å². The Labute approximate surface area is 76.0 Å². The third kappa shape index (κ3) is 6.06. The first-order valence-corrected chi connectivity index (χ1v) is 3.89. The van der Waals surface area contributed by atoms with E-state index in [-0.39, 0.29) is 19.1 Å². The van der Waals surface area contributed by atoms with Crippen molar-refractivity contribution in [2.75, 3.05) is 19.8 Å². The smallest absolute Gasteiger partial charge is 0.248 e. The van der Waals surface area contributed by atoms with Gasteiger partial charge in [0.15, 0.2) is 0 Å². The van der Waals surface area contributed by atoms with E-state index in [0.29, 0.717) is 6.61 Å². The van der Waals surface area contributed by atoms with Gasteiger partial charge < -0.3 is 20.9 Å². The Balaban J connectivity index is 3.52. The van der Waals surface area contributed by atoms with E-state index in [1.165, 1.54) is 0 Å². The van der Waals surface area contributed by atoms with Gasteiger partial charge in [-0.1, -0.05) is 0 Å². The third-order valence-corrected chi connectivity index (χ3v) is 1.26. The second-order valence-corrected chi connectivity index (χ2v) is 2.36. The molecule has 0 fully saturated rings. The van der Waals surface area contributed by atoms with Crippen molar-refractivity contribution < 1.29 is 19.4 Å². The summed E-state index contributed by atoms with van der Waals surface area (Å²) in [5, 5.41) is 11.2. The average molecular weight is 190 g/mol. The number of carbonyl (C=O) groups is 2. The van der Waals surface area contributed by atoms with E-state index >= 15 is 0 Å². The molecule has 4 N–H and O–H groups in total. The lowest BCUT2D eigenvalue weighted by atomic mass is 10.3. The number of hydrogen-bond donors (Lipinski definition) is 3. The average Bonchev–Trinajstić information content (AvgIpc) is 2.10. The Morgan fingerprint density at radius 2 is 2.23 bits per heavy atom. The Morgan fingerprint density at radius 3 is 2.69 bits per heavy atom. The summed E-state index contributed by atoms with van der Waals surface area (Å²) in [6.07, 6.45) is -1.34. The molecular formula is C7H14N2O4. The Morgan fingerprint density at radius 1 is 1.62 bits per heavy atom. The van der Waals surface area contributed by atoms with Crippen molar-refractivity contribution in [2.45, 2.75) is 13.0 Å². The number of nitrogens with one attached hydrogen (secondary N) is 1. The van der Waals surface area contributed by atoms with E-state index in [4.69, 9.17) is 15.6 Å². The van der Waals surface area contributed by atoms with Gasteiger partial charge in [-0.25, -0.2) is 0 Å². The fourth-order valence-electron chi connectivity index (χ4n) is 0.557. The minimum absolute atomic E-state index is 0.0814. The molecule has 6 heteroatoms. The number of primary amides is 1. The van der Waals surface area contributed by atoms with Crippen LogP contribution < -0.4 is 11.1 Å². The minimum atomic E-state index is -1.34. The van der Waals surface area contributed by atoms with Gasteiger partial charge in [-0.15, -0.1) is 0 Å². The number of carbonyl (C=O) groups excluding carboxylic acids is 2. The number of amides is 2. The molecule has 0 aromatic carbocycles. The van der Waals surface area contributed by atoms with Gasteiger partial charge in [0.25, 0.3) is 0 Å². The molecule has 1 unspecified atom stereocenters. The summed E-state index contributed by atoms with van der Waals surface area (Å²) >= 11 is 0. The lowest BCUT2D eigenvalue weighted by Crippen LogP contribution is -2.41. The predicted molar refractivity (Wildman–Crippen MR) is 44.7 cm³/mol. The molecule has 0 radical (unpaired) electrons. The van der Waals surface area contributed by atoms with E-state index in [9.17, 15) is 9.59 Å². The Kier molecular flexibility index (Phi) is 5.82. The van der Waals surface area contributed by atoms with Crippen molar-refractivity contribution >= 4 is 11.8 Å². The maximum Gasteiger partial charge on any atom is 0.248 e. The van der Waals surface area contributed by atoms with Crippen LogP contribution in [0.15, 0.2) is 0 Å². The maximum absolute atomic E-state index is 10.8. The fraction of sp³-hybridized carbons (Fsp3) is 0.714. The van der Waals surface area contributed by atoms with Gasteiger partial charge in [0.1, 0.15) is 12.7 Å². The Bertz CT molecular complexity index is 183. The molecule has 2 amide bonds. The zero-order valence-corrected chi connectivity index (χ0v) is 7.45. The first kappa shape index (κ1) is 11.9. The topological polar surface area (TPSA) is 102 Å². The highest BCUT2D eigenvalue weighted by Crippen LogP contribution is 1.79. The van der Waals surface area contributed by atoms with Crippen molar-refractivity contribution in [1.82, 2.24) is 5.32 Å². The Hall–Kier alpha value is -1.14. The van der Waals surface area contributed by atoms with Crippen molar-refractivity contribution in [3.8, 4) is 0 Å². The monoisotopic (exact) mass is 190 g/mol. The number of aliphatic hydroxyl groups excluding tert-OH is 1. The number of ether oxygens (including phenoxy) is 1. The summed E-state index contributed by atoms with van der Waals surface area (Å²) in [6, 6.07) is 0. The van der Waals surface area contributed by atoms with Gasteiger partial charge in [-0.05, 0) is 6.92 Å². The molecule has 0 aliphatic rings. The maximum atomic E-state index is 10.8. The molecule has 0 spiro atoms. The second-order valence-electron chi connectivity index (χ2n) is 2.36. The molecule has 76 valence electrons.